The number of benzene rings is 1. The minimum atomic E-state index is 0. The Morgan fingerprint density at radius 1 is 1.38 bits per heavy atom. The van der Waals surface area contributed by atoms with Gasteiger partial charge in [-0.15, -0.1) is 0 Å². The molecule has 0 amide bonds. The van der Waals surface area contributed by atoms with Gasteiger partial charge in [0.15, 0.2) is 0 Å². The molecule has 0 aliphatic heterocycles. The summed E-state index contributed by atoms with van der Waals surface area (Å²) in [7, 11) is 0. The van der Waals surface area contributed by atoms with E-state index in [9.17, 15) is 0 Å². The molecule has 1 aromatic carbocycles. The monoisotopic (exact) mass is 235 g/mol. The SMILES string of the molecule is CCN(C(=S)[S-])c1ccccc1.[K+]. The predicted octanol–water partition coefficient (Wildman–Crippen LogP) is -0.651. The van der Waals surface area contributed by atoms with E-state index in [0.717, 1.165) is 12.2 Å². The van der Waals surface area contributed by atoms with Crippen molar-refractivity contribution < 1.29 is 51.4 Å². The Kier molecular flexibility index (Phi) is 7.82. The molecule has 0 unspecified atom stereocenters. The van der Waals surface area contributed by atoms with Gasteiger partial charge in [-0.05, 0) is 19.1 Å². The van der Waals surface area contributed by atoms with Crippen LogP contribution < -0.4 is 56.3 Å². The van der Waals surface area contributed by atoms with E-state index in [-0.39, 0.29) is 51.4 Å². The molecule has 13 heavy (non-hydrogen) atoms. The summed E-state index contributed by atoms with van der Waals surface area (Å²) < 4.78 is 0.503. The second kappa shape index (κ2) is 7.28. The number of anilines is 1. The molecule has 0 saturated heterocycles. The first-order valence-electron chi connectivity index (χ1n) is 3.79. The van der Waals surface area contributed by atoms with E-state index < -0.39 is 0 Å². The molecule has 0 N–H and O–H groups in total. The van der Waals surface area contributed by atoms with E-state index in [1.165, 1.54) is 0 Å². The number of thiocarbonyl (C=S) groups is 1. The fourth-order valence-electron chi connectivity index (χ4n) is 1.03. The Labute approximate surface area is 133 Å². The molecule has 0 saturated carbocycles. The summed E-state index contributed by atoms with van der Waals surface area (Å²) in [5, 5.41) is 0. The van der Waals surface area contributed by atoms with Crippen molar-refractivity contribution in [2.24, 2.45) is 0 Å². The van der Waals surface area contributed by atoms with Gasteiger partial charge in [-0.25, -0.2) is 0 Å². The molecule has 0 atom stereocenters. The fourth-order valence-corrected chi connectivity index (χ4v) is 1.49. The van der Waals surface area contributed by atoms with Crippen LogP contribution in [0.4, 0.5) is 5.69 Å². The normalized spacial score (nSPS) is 8.69. The average molecular weight is 235 g/mol. The zero-order valence-corrected chi connectivity index (χ0v) is 12.6. The van der Waals surface area contributed by atoms with E-state index >= 15 is 0 Å². The van der Waals surface area contributed by atoms with Gasteiger partial charge in [0.2, 0.25) is 0 Å². The number of rotatable bonds is 2. The molecule has 0 aliphatic rings. The van der Waals surface area contributed by atoms with Gasteiger partial charge in [0.05, 0.1) is 0 Å². The van der Waals surface area contributed by atoms with Crippen molar-refractivity contribution in [3.05, 3.63) is 30.3 Å². The number of hydrogen-bond acceptors (Lipinski definition) is 2. The Morgan fingerprint density at radius 2 is 1.92 bits per heavy atom. The Bertz CT molecular complexity index is 264. The summed E-state index contributed by atoms with van der Waals surface area (Å²) in [5.41, 5.74) is 1.07. The van der Waals surface area contributed by atoms with E-state index in [1.807, 2.05) is 42.2 Å². The Hall–Kier alpha value is 0.966. The summed E-state index contributed by atoms with van der Waals surface area (Å²) in [6, 6.07) is 9.94. The number of hydrogen-bond donors (Lipinski definition) is 0. The first-order chi connectivity index (χ1) is 5.75. The van der Waals surface area contributed by atoms with Gasteiger partial charge in [0.25, 0.3) is 0 Å². The van der Waals surface area contributed by atoms with E-state index in [4.69, 9.17) is 24.8 Å². The maximum Gasteiger partial charge on any atom is 1.00 e. The van der Waals surface area contributed by atoms with Crippen LogP contribution in [0.5, 0.6) is 0 Å². The van der Waals surface area contributed by atoms with Crippen LogP contribution in [0.2, 0.25) is 0 Å². The molecule has 0 aliphatic carbocycles. The third-order valence-electron chi connectivity index (χ3n) is 1.60. The van der Waals surface area contributed by atoms with Crippen molar-refractivity contribution in [2.45, 2.75) is 6.92 Å². The van der Waals surface area contributed by atoms with E-state index in [0.29, 0.717) is 4.32 Å². The van der Waals surface area contributed by atoms with Gasteiger partial charge in [0, 0.05) is 12.2 Å². The van der Waals surface area contributed by atoms with E-state index in [1.54, 1.807) is 0 Å². The minimum absolute atomic E-state index is 0. The first kappa shape index (κ1) is 14.0. The van der Waals surface area contributed by atoms with Crippen LogP contribution in [-0.4, -0.2) is 10.9 Å². The zero-order chi connectivity index (χ0) is 8.97. The number of nitrogens with zero attached hydrogens (tertiary/aromatic N) is 1. The zero-order valence-electron chi connectivity index (χ0n) is 7.86. The van der Waals surface area contributed by atoms with Crippen molar-refractivity contribution in [1.82, 2.24) is 0 Å². The maximum atomic E-state index is 4.94. The topological polar surface area (TPSA) is 3.24 Å². The Balaban J connectivity index is 0.00000144. The summed E-state index contributed by atoms with van der Waals surface area (Å²) >= 11 is 9.88. The summed E-state index contributed by atoms with van der Waals surface area (Å²) in [6.07, 6.45) is 0. The number of para-hydroxylation sites is 1. The van der Waals surface area contributed by atoms with Crippen molar-refractivity contribution in [3.63, 3.8) is 0 Å². The summed E-state index contributed by atoms with van der Waals surface area (Å²) in [5.74, 6) is 0. The molecule has 1 aromatic rings. The van der Waals surface area contributed by atoms with Crippen LogP contribution >= 0.6 is 12.2 Å². The maximum absolute atomic E-state index is 4.94. The van der Waals surface area contributed by atoms with Gasteiger partial charge in [-0.1, -0.05) is 22.5 Å². The van der Waals surface area contributed by atoms with Gasteiger partial charge in [-0.3, -0.25) is 0 Å². The van der Waals surface area contributed by atoms with Crippen molar-refractivity contribution in [1.29, 1.82) is 0 Å². The largest absolute Gasteiger partial charge is 1.00 e. The van der Waals surface area contributed by atoms with Crippen LogP contribution in [0.15, 0.2) is 30.3 Å². The van der Waals surface area contributed by atoms with Crippen LogP contribution in [0.1, 0.15) is 6.92 Å². The first-order valence-corrected chi connectivity index (χ1v) is 4.61. The van der Waals surface area contributed by atoms with Crippen molar-refractivity contribution >= 4 is 34.9 Å². The third-order valence-corrected chi connectivity index (χ3v) is 2.05. The van der Waals surface area contributed by atoms with Gasteiger partial charge < -0.3 is 29.7 Å². The van der Waals surface area contributed by atoms with Gasteiger partial charge in [0.1, 0.15) is 0 Å². The molecule has 0 bridgehead atoms. The molecule has 0 spiro atoms. The Morgan fingerprint density at radius 3 is 2.31 bits per heavy atom. The van der Waals surface area contributed by atoms with Gasteiger partial charge in [-0.2, -0.15) is 0 Å². The molecule has 1 nitrogen and oxygen atoms in total. The molecule has 4 heteroatoms. The molecular weight excluding hydrogens is 225 g/mol. The molecule has 0 radical (unpaired) electrons. The van der Waals surface area contributed by atoms with Crippen molar-refractivity contribution in [2.75, 3.05) is 11.4 Å². The molecular formula is C9H10KNS2. The minimum Gasteiger partial charge on any atom is -0.411 e. The molecule has 0 aromatic heterocycles. The molecule has 0 fully saturated rings. The van der Waals surface area contributed by atoms with Crippen molar-refractivity contribution in [3.8, 4) is 0 Å². The summed E-state index contributed by atoms with van der Waals surface area (Å²) in [6.45, 7) is 2.86. The predicted molar refractivity (Wildman–Crippen MR) is 59.4 cm³/mol. The summed E-state index contributed by atoms with van der Waals surface area (Å²) in [4.78, 5) is 1.92. The van der Waals surface area contributed by atoms with Gasteiger partial charge >= 0.3 is 51.4 Å². The second-order valence-electron chi connectivity index (χ2n) is 2.35. The smallest absolute Gasteiger partial charge is 0.411 e. The average Bonchev–Trinajstić information content (AvgIpc) is 2.07. The molecule has 64 valence electrons. The third kappa shape index (κ3) is 4.33. The second-order valence-corrected chi connectivity index (χ2v) is 3.38. The quantitative estimate of drug-likeness (QED) is 0.381. The standard InChI is InChI=1S/C9H11NS2.K/c1-2-10(9(11)12)8-6-4-3-5-7-8;/h3-7H,2H2,1H3,(H,11,12);/q;+1/p-1. The molecule has 1 rings (SSSR count). The van der Waals surface area contributed by atoms with Crippen LogP contribution in [-0.2, 0) is 12.6 Å². The van der Waals surface area contributed by atoms with Crippen LogP contribution in [0, 0.1) is 0 Å². The van der Waals surface area contributed by atoms with Crippen LogP contribution in [0.3, 0.4) is 0 Å². The molecule has 0 heterocycles. The fraction of sp³-hybridized carbons (Fsp3) is 0.222. The van der Waals surface area contributed by atoms with E-state index in [2.05, 4.69) is 0 Å². The van der Waals surface area contributed by atoms with Crippen LogP contribution in [0.25, 0.3) is 0 Å².